The first-order valence-corrected chi connectivity index (χ1v) is 11.8. The number of aromatic nitrogens is 2. The number of benzene rings is 2. The predicted octanol–water partition coefficient (Wildman–Crippen LogP) is 5.45. The molecule has 8 heteroatoms. The van der Waals surface area contributed by atoms with Crippen LogP contribution in [0.25, 0.3) is 0 Å². The SMILES string of the molecule is CCCOc1ccc(C2c3c(n[nH]c3CSc3ccc(C)cc3)OC(=N)C2C#N)cc1OC. The second kappa shape index (κ2) is 10.0. The van der Waals surface area contributed by atoms with E-state index in [4.69, 9.17) is 19.6 Å². The van der Waals surface area contributed by atoms with Crippen molar-refractivity contribution < 1.29 is 14.2 Å². The molecule has 2 N–H and O–H groups in total. The lowest BCUT2D eigenvalue weighted by Gasteiger charge is -2.28. The summed E-state index contributed by atoms with van der Waals surface area (Å²) in [6.45, 7) is 4.69. The average molecular weight is 463 g/mol. The maximum Gasteiger partial charge on any atom is 0.243 e. The van der Waals surface area contributed by atoms with Gasteiger partial charge in [0.2, 0.25) is 11.8 Å². The molecular formula is C25H26N4O3S. The number of fused-ring (bicyclic) bond motifs is 1. The van der Waals surface area contributed by atoms with Gasteiger partial charge >= 0.3 is 0 Å². The number of ether oxygens (including phenoxy) is 3. The number of hydrogen-bond donors (Lipinski definition) is 2. The van der Waals surface area contributed by atoms with Crippen LogP contribution in [0, 0.1) is 29.6 Å². The second-order valence-corrected chi connectivity index (χ2v) is 8.88. The Balaban J connectivity index is 1.71. The summed E-state index contributed by atoms with van der Waals surface area (Å²) in [5.74, 6) is 0.937. The summed E-state index contributed by atoms with van der Waals surface area (Å²) < 4.78 is 17.0. The zero-order valence-corrected chi connectivity index (χ0v) is 19.7. The summed E-state index contributed by atoms with van der Waals surface area (Å²) in [4.78, 5) is 1.14. The van der Waals surface area contributed by atoms with E-state index in [1.54, 1.807) is 18.9 Å². The normalized spacial score (nSPS) is 17.1. The molecule has 0 amide bonds. The Labute approximate surface area is 197 Å². The van der Waals surface area contributed by atoms with Gasteiger partial charge in [0.05, 0.1) is 25.5 Å². The molecule has 3 aromatic rings. The Bertz CT molecular complexity index is 1180. The molecule has 2 unspecified atom stereocenters. The van der Waals surface area contributed by atoms with Crippen LogP contribution in [-0.2, 0) is 5.75 Å². The van der Waals surface area contributed by atoms with Crippen LogP contribution < -0.4 is 14.2 Å². The summed E-state index contributed by atoms with van der Waals surface area (Å²) >= 11 is 1.68. The van der Waals surface area contributed by atoms with Crippen molar-refractivity contribution >= 4 is 17.7 Å². The van der Waals surface area contributed by atoms with E-state index in [2.05, 4.69) is 47.5 Å². The molecule has 1 aromatic heterocycles. The molecule has 0 fully saturated rings. The van der Waals surface area contributed by atoms with Crippen LogP contribution in [-0.4, -0.2) is 29.8 Å². The molecular weight excluding hydrogens is 436 g/mol. The quantitative estimate of drug-likeness (QED) is 0.432. The molecule has 0 saturated carbocycles. The topological polar surface area (TPSA) is 104 Å². The van der Waals surface area contributed by atoms with E-state index in [0.717, 1.165) is 28.1 Å². The van der Waals surface area contributed by atoms with E-state index in [9.17, 15) is 5.26 Å². The van der Waals surface area contributed by atoms with Gasteiger partial charge in [-0.1, -0.05) is 30.7 Å². The lowest BCUT2D eigenvalue weighted by molar-refractivity contribution is 0.294. The summed E-state index contributed by atoms with van der Waals surface area (Å²) in [6.07, 6.45) is 0.888. The van der Waals surface area contributed by atoms with Gasteiger partial charge in [-0.05, 0) is 43.2 Å². The van der Waals surface area contributed by atoms with Crippen LogP contribution in [0.5, 0.6) is 17.4 Å². The first kappa shape index (κ1) is 22.7. The lowest BCUT2D eigenvalue weighted by atomic mass is 9.79. The molecule has 0 spiro atoms. The largest absolute Gasteiger partial charge is 0.493 e. The Morgan fingerprint density at radius 3 is 2.70 bits per heavy atom. The number of H-pyrrole nitrogens is 1. The Morgan fingerprint density at radius 1 is 1.21 bits per heavy atom. The van der Waals surface area contributed by atoms with E-state index in [1.165, 1.54) is 5.56 Å². The fourth-order valence-corrected chi connectivity index (χ4v) is 4.71. The third-order valence-electron chi connectivity index (χ3n) is 5.53. The first-order chi connectivity index (χ1) is 16.0. The monoisotopic (exact) mass is 462 g/mol. The number of aromatic amines is 1. The molecule has 2 aromatic carbocycles. The van der Waals surface area contributed by atoms with Crippen molar-refractivity contribution in [2.75, 3.05) is 13.7 Å². The van der Waals surface area contributed by atoms with Gasteiger partial charge in [-0.3, -0.25) is 10.5 Å². The second-order valence-electron chi connectivity index (χ2n) is 7.83. The summed E-state index contributed by atoms with van der Waals surface area (Å²) in [5, 5.41) is 25.6. The maximum absolute atomic E-state index is 9.92. The molecule has 33 heavy (non-hydrogen) atoms. The van der Waals surface area contributed by atoms with Crippen molar-refractivity contribution in [3.63, 3.8) is 0 Å². The third-order valence-corrected chi connectivity index (χ3v) is 6.57. The van der Waals surface area contributed by atoms with Crippen LogP contribution in [0.3, 0.4) is 0 Å². The summed E-state index contributed by atoms with van der Waals surface area (Å²) in [7, 11) is 1.60. The smallest absolute Gasteiger partial charge is 0.243 e. The molecule has 0 aliphatic carbocycles. The summed E-state index contributed by atoms with van der Waals surface area (Å²) in [5.41, 5.74) is 3.74. The Kier molecular flexibility index (Phi) is 6.90. The third kappa shape index (κ3) is 4.69. The molecule has 1 aliphatic rings. The van der Waals surface area contributed by atoms with Crippen molar-refractivity contribution in [3.8, 4) is 23.4 Å². The zero-order valence-electron chi connectivity index (χ0n) is 18.8. The molecule has 2 atom stereocenters. The molecule has 0 saturated heterocycles. The van der Waals surface area contributed by atoms with Gasteiger partial charge in [-0.2, -0.15) is 5.26 Å². The van der Waals surface area contributed by atoms with E-state index in [0.29, 0.717) is 29.7 Å². The minimum Gasteiger partial charge on any atom is -0.493 e. The summed E-state index contributed by atoms with van der Waals surface area (Å²) in [6, 6.07) is 16.3. The van der Waals surface area contributed by atoms with Gasteiger partial charge in [-0.15, -0.1) is 16.9 Å². The van der Waals surface area contributed by atoms with Crippen molar-refractivity contribution in [3.05, 3.63) is 64.8 Å². The number of hydrogen-bond acceptors (Lipinski definition) is 7. The fraction of sp³-hybridized carbons (Fsp3) is 0.320. The van der Waals surface area contributed by atoms with Crippen molar-refractivity contribution in [2.24, 2.45) is 5.92 Å². The van der Waals surface area contributed by atoms with Crippen LogP contribution in [0.4, 0.5) is 0 Å². The van der Waals surface area contributed by atoms with Gasteiger partial charge < -0.3 is 14.2 Å². The van der Waals surface area contributed by atoms with E-state index in [1.807, 2.05) is 25.1 Å². The van der Waals surface area contributed by atoms with Gasteiger partial charge in [0.25, 0.3) is 0 Å². The van der Waals surface area contributed by atoms with Gasteiger partial charge in [-0.25, -0.2) is 0 Å². The van der Waals surface area contributed by atoms with Crippen LogP contribution in [0.2, 0.25) is 0 Å². The molecule has 0 radical (unpaired) electrons. The number of rotatable bonds is 8. The van der Waals surface area contributed by atoms with Gasteiger partial charge in [0, 0.05) is 22.1 Å². The minimum absolute atomic E-state index is 0.107. The van der Waals surface area contributed by atoms with Gasteiger partial charge in [0.15, 0.2) is 11.5 Å². The fourth-order valence-electron chi connectivity index (χ4n) is 3.85. The first-order valence-electron chi connectivity index (χ1n) is 10.8. The molecule has 7 nitrogen and oxygen atoms in total. The van der Waals surface area contributed by atoms with Crippen LogP contribution in [0.15, 0.2) is 47.4 Å². The van der Waals surface area contributed by atoms with E-state index >= 15 is 0 Å². The number of nitriles is 1. The molecule has 170 valence electrons. The highest BCUT2D eigenvalue weighted by Gasteiger charge is 2.40. The number of thioether (sulfide) groups is 1. The van der Waals surface area contributed by atoms with Gasteiger partial charge in [0.1, 0.15) is 5.92 Å². The van der Waals surface area contributed by atoms with Crippen molar-refractivity contribution in [1.29, 1.82) is 10.7 Å². The number of methoxy groups -OCH3 is 1. The molecule has 1 aliphatic heterocycles. The highest BCUT2D eigenvalue weighted by atomic mass is 32.2. The maximum atomic E-state index is 9.92. The lowest BCUT2D eigenvalue weighted by Crippen LogP contribution is -2.31. The highest BCUT2D eigenvalue weighted by molar-refractivity contribution is 7.98. The minimum atomic E-state index is -0.773. The number of nitrogens with zero attached hydrogens (tertiary/aromatic N) is 2. The number of aryl methyl sites for hydroxylation is 1. The Hall–Kier alpha value is -3.44. The molecule has 2 heterocycles. The zero-order chi connectivity index (χ0) is 23.4. The van der Waals surface area contributed by atoms with E-state index in [-0.39, 0.29) is 5.90 Å². The molecule has 0 bridgehead atoms. The van der Waals surface area contributed by atoms with E-state index < -0.39 is 11.8 Å². The number of nitrogens with one attached hydrogen (secondary N) is 2. The standard InChI is InChI=1S/C25H26N4O3S/c1-4-11-31-20-10-7-16(12-21(20)30-3)22-18(13-26)24(27)32-25-23(22)19(28-29-25)14-33-17-8-5-15(2)6-9-17/h5-10,12,18,22,27H,4,11,14H2,1-3H3,(H,28,29). The van der Waals surface area contributed by atoms with Crippen LogP contribution in [0.1, 0.15) is 41.6 Å². The molecule has 4 rings (SSSR count). The highest BCUT2D eigenvalue weighted by Crippen LogP contribution is 2.45. The van der Waals surface area contributed by atoms with Crippen molar-refractivity contribution in [2.45, 2.75) is 36.8 Å². The Morgan fingerprint density at radius 2 is 2.00 bits per heavy atom. The predicted molar refractivity (Wildman–Crippen MR) is 127 cm³/mol. The average Bonchev–Trinajstić information content (AvgIpc) is 3.23. The van der Waals surface area contributed by atoms with Crippen molar-refractivity contribution in [1.82, 2.24) is 10.2 Å². The van der Waals surface area contributed by atoms with Crippen LogP contribution >= 0.6 is 11.8 Å².